The maximum absolute atomic E-state index is 12.7. The number of thioether (sulfide) groups is 1. The summed E-state index contributed by atoms with van der Waals surface area (Å²) in [5, 5.41) is 3.31. The first kappa shape index (κ1) is 15.9. The third kappa shape index (κ3) is 2.65. The van der Waals surface area contributed by atoms with Crippen LogP contribution in [0, 0.1) is 0 Å². The van der Waals surface area contributed by atoms with Crippen molar-refractivity contribution in [3.8, 4) is 0 Å². The molecule has 0 radical (unpaired) electrons. The highest BCUT2D eigenvalue weighted by Crippen LogP contribution is 2.47. The van der Waals surface area contributed by atoms with Crippen molar-refractivity contribution in [2.45, 2.75) is 37.1 Å². The molecule has 114 valence electrons. The van der Waals surface area contributed by atoms with Gasteiger partial charge in [-0.1, -0.05) is 0 Å². The number of halogens is 1. The van der Waals surface area contributed by atoms with Crippen LogP contribution in [0.5, 0.6) is 0 Å². The van der Waals surface area contributed by atoms with Crippen molar-refractivity contribution in [3.05, 3.63) is 0 Å². The summed E-state index contributed by atoms with van der Waals surface area (Å²) >= 11 is 1.77. The first-order valence-corrected chi connectivity index (χ1v) is 8.06. The molecule has 0 aromatic rings. The summed E-state index contributed by atoms with van der Waals surface area (Å²) in [7, 11) is 0. The molecule has 3 fully saturated rings. The van der Waals surface area contributed by atoms with Crippen LogP contribution in [0.15, 0.2) is 0 Å². The molecule has 20 heavy (non-hydrogen) atoms. The van der Waals surface area contributed by atoms with Gasteiger partial charge in [0.25, 0.3) is 0 Å². The molecular weight excluding hydrogens is 298 g/mol. The molecule has 0 spiro atoms. The van der Waals surface area contributed by atoms with Gasteiger partial charge in [0.2, 0.25) is 11.8 Å². The van der Waals surface area contributed by atoms with Crippen molar-refractivity contribution in [1.29, 1.82) is 0 Å². The molecule has 3 aliphatic heterocycles. The molecule has 0 aromatic heterocycles. The lowest BCUT2D eigenvalue weighted by atomic mass is 10.2. The molecule has 0 aromatic carbocycles. The lowest BCUT2D eigenvalue weighted by molar-refractivity contribution is -0.143. The summed E-state index contributed by atoms with van der Waals surface area (Å²) in [5.74, 6) is 1.05. The van der Waals surface area contributed by atoms with Gasteiger partial charge >= 0.3 is 0 Å². The first-order chi connectivity index (χ1) is 9.12. The molecule has 7 heteroatoms. The van der Waals surface area contributed by atoms with Gasteiger partial charge in [0.15, 0.2) is 0 Å². The Labute approximate surface area is 130 Å². The van der Waals surface area contributed by atoms with Crippen LogP contribution in [-0.2, 0) is 9.59 Å². The van der Waals surface area contributed by atoms with Crippen molar-refractivity contribution in [1.82, 2.24) is 15.1 Å². The van der Waals surface area contributed by atoms with Crippen LogP contribution in [0.1, 0.15) is 26.2 Å². The minimum Gasteiger partial charge on any atom is -0.340 e. The van der Waals surface area contributed by atoms with Crippen LogP contribution in [0.3, 0.4) is 0 Å². The van der Waals surface area contributed by atoms with Gasteiger partial charge in [-0.15, -0.1) is 24.2 Å². The predicted octanol–water partition coefficient (Wildman–Crippen LogP) is 0.684. The van der Waals surface area contributed by atoms with Gasteiger partial charge in [-0.25, -0.2) is 0 Å². The average molecular weight is 320 g/mol. The third-order valence-electron chi connectivity index (χ3n) is 4.38. The van der Waals surface area contributed by atoms with Crippen LogP contribution < -0.4 is 5.32 Å². The molecule has 0 saturated carbocycles. The van der Waals surface area contributed by atoms with Crippen LogP contribution in [0.2, 0.25) is 0 Å². The van der Waals surface area contributed by atoms with Gasteiger partial charge in [-0.3, -0.25) is 9.59 Å². The van der Waals surface area contributed by atoms with E-state index in [-0.39, 0.29) is 35.1 Å². The Morgan fingerprint density at radius 1 is 1.40 bits per heavy atom. The van der Waals surface area contributed by atoms with Gasteiger partial charge < -0.3 is 15.1 Å². The fourth-order valence-corrected chi connectivity index (χ4v) is 4.70. The fraction of sp³-hybridized carbons (Fsp3) is 0.846. The van der Waals surface area contributed by atoms with Gasteiger partial charge in [-0.2, -0.15) is 0 Å². The number of carbonyl (C=O) groups excluding carboxylic acids is 2. The van der Waals surface area contributed by atoms with Gasteiger partial charge in [-0.05, 0) is 26.3 Å². The van der Waals surface area contributed by atoms with E-state index in [0.29, 0.717) is 6.42 Å². The number of nitrogens with zero attached hydrogens (tertiary/aromatic N) is 2. The lowest BCUT2D eigenvalue weighted by Gasteiger charge is -2.32. The maximum Gasteiger partial charge on any atom is 0.246 e. The van der Waals surface area contributed by atoms with Crippen molar-refractivity contribution >= 4 is 36.0 Å². The predicted molar refractivity (Wildman–Crippen MR) is 82.0 cm³/mol. The van der Waals surface area contributed by atoms with Crippen molar-refractivity contribution in [2.24, 2.45) is 0 Å². The molecule has 3 saturated heterocycles. The summed E-state index contributed by atoms with van der Waals surface area (Å²) in [4.78, 5) is 28.4. The van der Waals surface area contributed by atoms with Crippen LogP contribution in [0.4, 0.5) is 0 Å². The molecule has 5 nitrogen and oxygen atoms in total. The Morgan fingerprint density at radius 3 is 3.00 bits per heavy atom. The number of nitrogens with one attached hydrogen (secondary N) is 1. The molecule has 0 bridgehead atoms. The van der Waals surface area contributed by atoms with E-state index in [9.17, 15) is 9.59 Å². The highest BCUT2D eigenvalue weighted by Gasteiger charge is 2.53. The van der Waals surface area contributed by atoms with E-state index in [1.165, 1.54) is 0 Å². The molecule has 3 rings (SSSR count). The van der Waals surface area contributed by atoms with Crippen LogP contribution in [0.25, 0.3) is 0 Å². The Balaban J connectivity index is 0.00000147. The number of rotatable bonds is 1. The zero-order valence-corrected chi connectivity index (χ0v) is 13.4. The molecule has 0 aliphatic carbocycles. The minimum absolute atomic E-state index is 0. The standard InChI is InChI=1S/C13H21N3O2S.ClH/c1-13-4-3-11(17)16(13)10(9-19-13)12(18)15-7-2-5-14-6-8-15;/h10,14H,2-9H2,1H3;1H. The molecule has 3 aliphatic rings. The maximum atomic E-state index is 12.7. The molecule has 1 N–H and O–H groups in total. The highest BCUT2D eigenvalue weighted by molar-refractivity contribution is 8.01. The Hall–Kier alpha value is -0.460. The molecular formula is C13H22ClN3O2S. The van der Waals surface area contributed by atoms with Crippen LogP contribution >= 0.6 is 24.2 Å². The van der Waals surface area contributed by atoms with E-state index in [2.05, 4.69) is 12.2 Å². The van der Waals surface area contributed by atoms with Crippen molar-refractivity contribution in [3.63, 3.8) is 0 Å². The van der Waals surface area contributed by atoms with E-state index >= 15 is 0 Å². The topological polar surface area (TPSA) is 52.7 Å². The number of amides is 2. The smallest absolute Gasteiger partial charge is 0.246 e. The summed E-state index contributed by atoms with van der Waals surface area (Å²) in [6.45, 7) is 5.50. The number of fused-ring (bicyclic) bond motifs is 1. The number of carbonyl (C=O) groups is 2. The molecule has 2 amide bonds. The number of hydrogen-bond donors (Lipinski definition) is 1. The van der Waals surface area contributed by atoms with Gasteiger partial charge in [0, 0.05) is 31.8 Å². The van der Waals surface area contributed by atoms with Gasteiger partial charge in [0.1, 0.15) is 6.04 Å². The average Bonchev–Trinajstić information content (AvgIpc) is 2.74. The second-order valence-corrected chi connectivity index (χ2v) is 7.20. The SMILES string of the molecule is CC12CCC(=O)N1C(C(=O)N1CCCNCC1)CS2.Cl. The minimum atomic E-state index is -0.233. The summed E-state index contributed by atoms with van der Waals surface area (Å²) < 4.78 is 0. The van der Waals surface area contributed by atoms with E-state index in [1.54, 1.807) is 11.8 Å². The molecule has 2 atom stereocenters. The van der Waals surface area contributed by atoms with E-state index in [1.807, 2.05) is 9.80 Å². The summed E-state index contributed by atoms with van der Waals surface area (Å²) in [6, 6.07) is -0.233. The first-order valence-electron chi connectivity index (χ1n) is 7.07. The van der Waals surface area contributed by atoms with Gasteiger partial charge in [0.05, 0.1) is 4.87 Å². The summed E-state index contributed by atoms with van der Waals surface area (Å²) in [6.07, 6.45) is 2.47. The highest BCUT2D eigenvalue weighted by atomic mass is 35.5. The largest absolute Gasteiger partial charge is 0.340 e. The quantitative estimate of drug-likeness (QED) is 0.772. The third-order valence-corrected chi connectivity index (χ3v) is 5.89. The Bertz CT molecular complexity index is 401. The van der Waals surface area contributed by atoms with Crippen molar-refractivity contribution in [2.75, 3.05) is 31.9 Å². The summed E-state index contributed by atoms with van der Waals surface area (Å²) in [5.41, 5.74) is 0. The van der Waals surface area contributed by atoms with E-state index in [4.69, 9.17) is 0 Å². The Kier molecular flexibility index (Phi) is 4.87. The van der Waals surface area contributed by atoms with E-state index in [0.717, 1.165) is 44.8 Å². The Morgan fingerprint density at radius 2 is 2.20 bits per heavy atom. The van der Waals surface area contributed by atoms with E-state index < -0.39 is 0 Å². The molecule has 2 unspecified atom stereocenters. The normalized spacial score (nSPS) is 33.6. The zero-order valence-electron chi connectivity index (χ0n) is 11.8. The van der Waals surface area contributed by atoms with Crippen molar-refractivity contribution < 1.29 is 9.59 Å². The lowest BCUT2D eigenvalue weighted by Crippen LogP contribution is -2.52. The second-order valence-electron chi connectivity index (χ2n) is 5.69. The fourth-order valence-electron chi connectivity index (χ4n) is 3.28. The van der Waals surface area contributed by atoms with Crippen LogP contribution in [-0.4, -0.2) is 64.5 Å². The second kappa shape index (κ2) is 6.12. The molecule has 3 heterocycles. The zero-order chi connectivity index (χ0) is 13.5. The number of hydrogen-bond acceptors (Lipinski definition) is 4. The monoisotopic (exact) mass is 319 g/mol.